The van der Waals surface area contributed by atoms with E-state index in [-0.39, 0.29) is 0 Å². The van der Waals surface area contributed by atoms with Crippen molar-refractivity contribution in [1.82, 2.24) is 0 Å². The van der Waals surface area contributed by atoms with Crippen LogP contribution < -0.4 is 0 Å². The molecule has 0 radical (unpaired) electrons. The molecule has 0 spiro atoms. The van der Waals surface area contributed by atoms with Gasteiger partial charge in [0.05, 0.1) is 0 Å². The van der Waals surface area contributed by atoms with Crippen LogP contribution in [0.5, 0.6) is 0 Å². The minimum atomic E-state index is 1.32. The first-order chi connectivity index (χ1) is 28.1. The van der Waals surface area contributed by atoms with Crippen LogP contribution in [0.3, 0.4) is 0 Å². The summed E-state index contributed by atoms with van der Waals surface area (Å²) in [5, 5.41) is 0. The minimum Gasteiger partial charge on any atom is -0.0654 e. The Morgan fingerprint density at radius 3 is 0.345 bits per heavy atom. The van der Waals surface area contributed by atoms with Crippen molar-refractivity contribution >= 4 is 0 Å². The molecule has 0 saturated carbocycles. The first kappa shape index (κ1) is 64.0. The molecule has 0 amide bonds. The molecular formula is C58H102. The highest BCUT2D eigenvalue weighted by atomic mass is 13.9. The molecule has 0 saturated heterocycles. The topological polar surface area (TPSA) is 0 Å². The molecule has 0 N–H and O–H groups in total. The third-order valence-electron chi connectivity index (χ3n) is 8.55. The molecule has 4 aromatic carbocycles. The fraction of sp³-hybridized carbons (Fsp3) is 0.586. The van der Waals surface area contributed by atoms with Crippen LogP contribution in [0.25, 0.3) is 0 Å². The van der Waals surface area contributed by atoms with Crippen LogP contribution in [0.15, 0.2) is 121 Å². The Kier molecular flexibility index (Phi) is 69.6. The number of aryl methyl sites for hydroxylation is 4. The molecule has 0 aromatic heterocycles. The van der Waals surface area contributed by atoms with E-state index in [0.717, 1.165) is 0 Å². The van der Waals surface area contributed by atoms with E-state index in [4.69, 9.17) is 0 Å². The van der Waals surface area contributed by atoms with Crippen LogP contribution in [0.1, 0.15) is 220 Å². The molecule has 0 aliphatic heterocycles. The molecule has 0 aliphatic carbocycles. The van der Waals surface area contributed by atoms with Gasteiger partial charge in [-0.25, -0.2) is 0 Å². The van der Waals surface area contributed by atoms with Gasteiger partial charge in [-0.2, -0.15) is 0 Å². The van der Waals surface area contributed by atoms with E-state index in [0.29, 0.717) is 0 Å². The van der Waals surface area contributed by atoms with Crippen molar-refractivity contribution < 1.29 is 0 Å². The van der Waals surface area contributed by atoms with Gasteiger partial charge in [-0.1, -0.05) is 341 Å². The summed E-state index contributed by atoms with van der Waals surface area (Å²) in [6, 6.07) is 41.0. The minimum absolute atomic E-state index is 1.32. The van der Waals surface area contributed by atoms with Crippen LogP contribution in [-0.4, -0.2) is 0 Å². The van der Waals surface area contributed by atoms with Gasteiger partial charge in [-0.05, 0) is 27.7 Å². The summed E-state index contributed by atoms with van der Waals surface area (Å²) < 4.78 is 0. The molecule has 0 aliphatic rings. The molecule has 0 unspecified atom stereocenters. The Bertz CT molecular complexity index is 917. The fourth-order valence-electron chi connectivity index (χ4n) is 4.64. The number of unbranched alkanes of at least 4 members (excludes halogenated alkanes) is 15. The molecule has 4 rings (SSSR count). The predicted octanol–water partition coefficient (Wildman–Crippen LogP) is 20.9. The average Bonchev–Trinajstić information content (AvgIpc) is 3.25. The maximum atomic E-state index is 2.23. The van der Waals surface area contributed by atoms with E-state index in [1.54, 1.807) is 0 Å². The number of benzene rings is 4. The van der Waals surface area contributed by atoms with Crippen molar-refractivity contribution in [1.29, 1.82) is 0 Å². The molecule has 58 heavy (non-hydrogen) atoms. The highest BCUT2D eigenvalue weighted by molar-refractivity contribution is 5.13. The molecular weight excluding hydrogens is 697 g/mol. The monoisotopic (exact) mass is 799 g/mol. The second-order valence-corrected chi connectivity index (χ2v) is 15.2. The van der Waals surface area contributed by atoms with Crippen molar-refractivity contribution in [2.75, 3.05) is 0 Å². The summed E-state index contributed by atoms with van der Waals surface area (Å²) in [5.41, 5.74) is 5.29. The number of hydrogen-bond acceptors (Lipinski definition) is 0. The van der Waals surface area contributed by atoms with E-state index >= 15 is 0 Å². The van der Waals surface area contributed by atoms with E-state index in [1.165, 1.54) is 151 Å². The number of rotatable bonds is 15. The Morgan fingerprint density at radius 1 is 0.190 bits per heavy atom. The van der Waals surface area contributed by atoms with Gasteiger partial charge < -0.3 is 0 Å². The van der Waals surface area contributed by atoms with Gasteiger partial charge >= 0.3 is 0 Å². The van der Waals surface area contributed by atoms with Gasteiger partial charge in [-0.3, -0.25) is 0 Å². The molecule has 334 valence electrons. The standard InChI is InChI=1S/4C7H8.5C6H14/c4*1-7-5-3-2-4-6-7;5*1-3-5-6-4-2/h4*2-6H,1H3;5*3-6H2,1-2H3. The van der Waals surface area contributed by atoms with Crippen molar-refractivity contribution in [3.63, 3.8) is 0 Å². The van der Waals surface area contributed by atoms with E-state index in [2.05, 4.69) is 145 Å². The van der Waals surface area contributed by atoms with Gasteiger partial charge in [0.15, 0.2) is 0 Å². The molecule has 0 nitrogen and oxygen atoms in total. The van der Waals surface area contributed by atoms with E-state index < -0.39 is 0 Å². The largest absolute Gasteiger partial charge is 0.0654 e. The quantitative estimate of drug-likeness (QED) is 0.105. The highest BCUT2D eigenvalue weighted by Gasteiger charge is 1.79. The van der Waals surface area contributed by atoms with Crippen molar-refractivity contribution in [2.24, 2.45) is 0 Å². The third kappa shape index (κ3) is 73.9. The first-order valence-corrected chi connectivity index (χ1v) is 24.2. The highest BCUT2D eigenvalue weighted by Crippen LogP contribution is 1.99. The molecule has 0 atom stereocenters. The SMILES string of the molecule is CCCCCC.CCCCCC.CCCCCC.CCCCCC.CCCCCC.Cc1ccccc1.Cc1ccccc1.Cc1ccccc1.Cc1ccccc1. The van der Waals surface area contributed by atoms with Gasteiger partial charge in [0, 0.05) is 0 Å². The zero-order valence-electron chi connectivity index (χ0n) is 41.7. The molecule has 0 heteroatoms. The summed E-state index contributed by atoms with van der Waals surface area (Å²) >= 11 is 0. The summed E-state index contributed by atoms with van der Waals surface area (Å²) in [7, 11) is 0. The third-order valence-corrected chi connectivity index (χ3v) is 8.55. The van der Waals surface area contributed by atoms with E-state index in [9.17, 15) is 0 Å². The Hall–Kier alpha value is -3.12. The van der Waals surface area contributed by atoms with Crippen LogP contribution in [0.4, 0.5) is 0 Å². The first-order valence-electron chi connectivity index (χ1n) is 24.2. The average molecular weight is 799 g/mol. The van der Waals surface area contributed by atoms with Crippen molar-refractivity contribution in [2.45, 2.75) is 225 Å². The van der Waals surface area contributed by atoms with Crippen LogP contribution in [0, 0.1) is 27.7 Å². The smallest absolute Gasteiger partial charge is 0.0398 e. The lowest BCUT2D eigenvalue weighted by atomic mass is 10.2. The lowest BCUT2D eigenvalue weighted by Gasteiger charge is -1.86. The number of hydrogen-bond donors (Lipinski definition) is 0. The molecule has 4 aromatic rings. The lowest BCUT2D eigenvalue weighted by molar-refractivity contribution is 0.702. The lowest BCUT2D eigenvalue weighted by Crippen LogP contribution is -1.66. The fourth-order valence-corrected chi connectivity index (χ4v) is 4.64. The Labute approximate surface area is 367 Å². The summed E-state index contributed by atoms with van der Waals surface area (Å²) in [5.74, 6) is 0. The van der Waals surface area contributed by atoms with Crippen molar-refractivity contribution in [3.8, 4) is 0 Å². The van der Waals surface area contributed by atoms with Crippen molar-refractivity contribution in [3.05, 3.63) is 144 Å². The summed E-state index contributed by atoms with van der Waals surface area (Å²) in [6.45, 7) is 30.7. The molecule has 0 fully saturated rings. The zero-order valence-corrected chi connectivity index (χ0v) is 41.7. The van der Waals surface area contributed by atoms with Crippen LogP contribution in [-0.2, 0) is 0 Å². The second kappa shape index (κ2) is 63.1. The Balaban J connectivity index is -0.000000182. The predicted molar refractivity (Wildman–Crippen MR) is 274 cm³/mol. The van der Waals surface area contributed by atoms with Gasteiger partial charge in [0.25, 0.3) is 0 Å². The summed E-state index contributed by atoms with van der Waals surface area (Å²) in [4.78, 5) is 0. The molecule has 0 bridgehead atoms. The van der Waals surface area contributed by atoms with Gasteiger partial charge in [-0.15, -0.1) is 0 Å². The van der Waals surface area contributed by atoms with Crippen LogP contribution in [0.2, 0.25) is 0 Å². The summed E-state index contributed by atoms with van der Waals surface area (Å²) in [6.07, 6.45) is 27.7. The van der Waals surface area contributed by atoms with Gasteiger partial charge in [0.1, 0.15) is 0 Å². The maximum absolute atomic E-state index is 2.23. The van der Waals surface area contributed by atoms with Crippen LogP contribution >= 0.6 is 0 Å². The zero-order chi connectivity index (χ0) is 44.6. The second-order valence-electron chi connectivity index (χ2n) is 15.2. The molecule has 0 heterocycles. The van der Waals surface area contributed by atoms with Gasteiger partial charge in [0.2, 0.25) is 0 Å². The Morgan fingerprint density at radius 2 is 0.293 bits per heavy atom. The van der Waals surface area contributed by atoms with E-state index in [1.807, 2.05) is 72.8 Å². The maximum Gasteiger partial charge on any atom is -0.0398 e. The normalized spacial score (nSPS) is 8.86.